The van der Waals surface area contributed by atoms with Gasteiger partial charge >= 0.3 is 0 Å². The van der Waals surface area contributed by atoms with Gasteiger partial charge in [0.15, 0.2) is 0 Å². The van der Waals surface area contributed by atoms with E-state index in [9.17, 15) is 5.26 Å². The Balaban J connectivity index is 1.76. The number of hydrogen-bond acceptors (Lipinski definition) is 1. The van der Waals surface area contributed by atoms with E-state index < -0.39 is 0 Å². The van der Waals surface area contributed by atoms with E-state index in [0.29, 0.717) is 5.56 Å². The fraction of sp³-hybridized carbons (Fsp3) is 0.156. The minimum Gasteiger partial charge on any atom is -0.313 e. The quantitative estimate of drug-likeness (QED) is 0.365. The van der Waals surface area contributed by atoms with Gasteiger partial charge in [0.2, 0.25) is 0 Å². The molecular weight excluding hydrogens is 412 g/mol. The van der Waals surface area contributed by atoms with E-state index in [2.05, 4.69) is 97.9 Å². The Morgan fingerprint density at radius 2 is 1.91 bits per heavy atom. The van der Waals surface area contributed by atoms with Crippen LogP contribution < -0.4 is 0 Å². The number of benzene rings is 2. The van der Waals surface area contributed by atoms with Gasteiger partial charge < -0.3 is 4.57 Å². The summed E-state index contributed by atoms with van der Waals surface area (Å²) in [6, 6.07) is 15.0. The molecule has 0 fully saturated rings. The molecule has 0 saturated carbocycles. The fourth-order valence-electron chi connectivity index (χ4n) is 5.08. The smallest absolute Gasteiger partial charge is 0.0991 e. The molecule has 0 bridgehead atoms. The van der Waals surface area contributed by atoms with Crippen molar-refractivity contribution in [2.45, 2.75) is 33.1 Å². The zero-order valence-electron chi connectivity index (χ0n) is 19.8. The molecule has 2 aromatic carbocycles. The number of fused-ring (bicyclic) bond motifs is 3. The molecule has 0 radical (unpaired) electrons. The Labute approximate surface area is 201 Å². The fourth-order valence-corrected chi connectivity index (χ4v) is 5.08. The number of aromatic nitrogens is 1. The molecule has 34 heavy (non-hydrogen) atoms. The summed E-state index contributed by atoms with van der Waals surface area (Å²) >= 11 is 0. The Morgan fingerprint density at radius 3 is 2.68 bits per heavy atom. The van der Waals surface area contributed by atoms with Gasteiger partial charge in [-0.3, -0.25) is 0 Å². The maximum atomic E-state index is 9.56. The molecule has 2 nitrogen and oxygen atoms in total. The van der Waals surface area contributed by atoms with Crippen molar-refractivity contribution in [2.75, 3.05) is 0 Å². The molecule has 0 amide bonds. The Morgan fingerprint density at radius 1 is 1.12 bits per heavy atom. The van der Waals surface area contributed by atoms with Gasteiger partial charge in [-0.1, -0.05) is 62.4 Å². The van der Waals surface area contributed by atoms with Crippen molar-refractivity contribution < 1.29 is 0 Å². The number of rotatable bonds is 5. The molecule has 1 heterocycles. The van der Waals surface area contributed by atoms with Gasteiger partial charge in [0.05, 0.1) is 22.7 Å². The molecule has 3 aromatic rings. The minimum atomic E-state index is 0.679. The van der Waals surface area contributed by atoms with Gasteiger partial charge in [0.25, 0.3) is 0 Å². The molecule has 5 rings (SSSR count). The van der Waals surface area contributed by atoms with Crippen molar-refractivity contribution in [3.05, 3.63) is 119 Å². The summed E-state index contributed by atoms with van der Waals surface area (Å²) in [5.41, 5.74) is 10.6. The first-order chi connectivity index (χ1) is 16.6. The summed E-state index contributed by atoms with van der Waals surface area (Å²) in [5, 5.41) is 11.8. The molecule has 0 aliphatic heterocycles. The van der Waals surface area contributed by atoms with Crippen molar-refractivity contribution in [3.63, 3.8) is 0 Å². The molecule has 2 heteroatoms. The van der Waals surface area contributed by atoms with Crippen LogP contribution in [0.5, 0.6) is 0 Å². The average molecular weight is 441 g/mol. The van der Waals surface area contributed by atoms with Crippen molar-refractivity contribution >= 4 is 33.1 Å². The first-order valence-electron chi connectivity index (χ1n) is 11.9. The summed E-state index contributed by atoms with van der Waals surface area (Å²) in [6.45, 7) is 8.32. The molecule has 0 saturated heterocycles. The molecule has 2 aliphatic rings. The lowest BCUT2D eigenvalue weighted by Crippen LogP contribution is -1.97. The lowest BCUT2D eigenvalue weighted by molar-refractivity contribution is 0.926. The van der Waals surface area contributed by atoms with Crippen LogP contribution in [0.25, 0.3) is 33.1 Å². The number of nitrogens with zero attached hydrogens (tertiary/aromatic N) is 2. The van der Waals surface area contributed by atoms with Crippen LogP contribution in [0.3, 0.4) is 0 Å². The second-order valence-electron chi connectivity index (χ2n) is 8.90. The van der Waals surface area contributed by atoms with Crippen LogP contribution in [0.2, 0.25) is 0 Å². The second kappa shape index (κ2) is 9.04. The van der Waals surface area contributed by atoms with Crippen LogP contribution in [-0.4, -0.2) is 4.57 Å². The van der Waals surface area contributed by atoms with Gasteiger partial charge in [-0.05, 0) is 90.1 Å². The molecule has 0 unspecified atom stereocenters. The van der Waals surface area contributed by atoms with Crippen LogP contribution in [0.4, 0.5) is 0 Å². The maximum Gasteiger partial charge on any atom is 0.0991 e. The van der Waals surface area contributed by atoms with E-state index in [-0.39, 0.29) is 0 Å². The Hall–Kier alpha value is -4.09. The van der Waals surface area contributed by atoms with E-state index in [1.54, 1.807) is 0 Å². The van der Waals surface area contributed by atoms with Gasteiger partial charge in [0, 0.05) is 16.5 Å². The molecule has 0 N–H and O–H groups in total. The first-order valence-corrected chi connectivity index (χ1v) is 11.9. The van der Waals surface area contributed by atoms with E-state index in [1.165, 1.54) is 33.6 Å². The van der Waals surface area contributed by atoms with Crippen molar-refractivity contribution in [3.8, 4) is 6.07 Å². The molecule has 166 valence electrons. The number of allylic oxidation sites excluding steroid dienone is 13. The normalized spacial score (nSPS) is 15.7. The lowest BCUT2D eigenvalue weighted by atomic mass is 9.94. The SMILES string of the molecule is C=C/C=C(\CCC)n1c2ccc(C#N)cc2c2cc(C3=CC4=C(CC=C4)C(C)=CC=C3)ccc21. The van der Waals surface area contributed by atoms with Crippen LogP contribution in [0.15, 0.2) is 108 Å². The summed E-state index contributed by atoms with van der Waals surface area (Å²) in [5.74, 6) is 0. The predicted molar refractivity (Wildman–Crippen MR) is 145 cm³/mol. The van der Waals surface area contributed by atoms with E-state index >= 15 is 0 Å². The predicted octanol–water partition coefficient (Wildman–Crippen LogP) is 8.65. The zero-order chi connectivity index (χ0) is 23.7. The highest BCUT2D eigenvalue weighted by Gasteiger charge is 2.16. The highest BCUT2D eigenvalue weighted by atomic mass is 15.0. The van der Waals surface area contributed by atoms with Gasteiger partial charge in [-0.25, -0.2) is 0 Å². The summed E-state index contributed by atoms with van der Waals surface area (Å²) in [4.78, 5) is 0. The molecule has 0 spiro atoms. The van der Waals surface area contributed by atoms with E-state index in [1.807, 2.05) is 18.2 Å². The largest absolute Gasteiger partial charge is 0.313 e. The highest BCUT2D eigenvalue weighted by Crippen LogP contribution is 2.37. The summed E-state index contributed by atoms with van der Waals surface area (Å²) < 4.78 is 2.33. The first kappa shape index (κ1) is 21.7. The van der Waals surface area contributed by atoms with Crippen LogP contribution >= 0.6 is 0 Å². The Kier molecular flexibility index (Phi) is 5.78. The second-order valence-corrected chi connectivity index (χ2v) is 8.90. The monoisotopic (exact) mass is 440 g/mol. The van der Waals surface area contributed by atoms with E-state index in [4.69, 9.17) is 0 Å². The van der Waals surface area contributed by atoms with Crippen molar-refractivity contribution in [2.24, 2.45) is 0 Å². The third-order valence-corrected chi connectivity index (χ3v) is 6.71. The minimum absolute atomic E-state index is 0.679. The molecule has 2 aliphatic carbocycles. The van der Waals surface area contributed by atoms with Crippen LogP contribution in [0, 0.1) is 11.3 Å². The molecule has 1 aromatic heterocycles. The summed E-state index contributed by atoms with van der Waals surface area (Å²) in [6.07, 6.45) is 20.3. The third kappa shape index (κ3) is 3.70. The van der Waals surface area contributed by atoms with Crippen LogP contribution in [-0.2, 0) is 0 Å². The van der Waals surface area contributed by atoms with E-state index in [0.717, 1.165) is 41.1 Å². The van der Waals surface area contributed by atoms with Crippen LogP contribution in [0.1, 0.15) is 44.2 Å². The summed E-state index contributed by atoms with van der Waals surface area (Å²) in [7, 11) is 0. The third-order valence-electron chi connectivity index (χ3n) is 6.71. The van der Waals surface area contributed by atoms with Crippen molar-refractivity contribution in [1.29, 1.82) is 5.26 Å². The number of nitriles is 1. The molecule has 0 atom stereocenters. The lowest BCUT2D eigenvalue weighted by Gasteiger charge is -2.12. The standard InChI is InChI=1S/C32H28N2/c1-4-8-27(9-5-2)34-31-16-14-23(21-33)18-29(31)30-20-25(15-17-32(30)34)24-11-6-10-22(3)28-13-7-12-26(28)19-24/h4,6-8,10-12,14-20H,1,5,9,13H2,2-3H3/b10-6?,11-6?,22-10?,24-11?,24-19?,26-19?,27-8+,28-22?. The topological polar surface area (TPSA) is 28.7 Å². The average Bonchev–Trinajstić information content (AvgIpc) is 3.43. The number of hydrogen-bond donors (Lipinski definition) is 0. The van der Waals surface area contributed by atoms with Gasteiger partial charge in [-0.2, -0.15) is 5.26 Å². The van der Waals surface area contributed by atoms with Gasteiger partial charge in [0.1, 0.15) is 0 Å². The Bertz CT molecular complexity index is 1550. The van der Waals surface area contributed by atoms with Gasteiger partial charge in [-0.15, -0.1) is 0 Å². The molecular formula is C32H28N2. The maximum absolute atomic E-state index is 9.56. The van der Waals surface area contributed by atoms with Crippen molar-refractivity contribution in [1.82, 2.24) is 4.57 Å². The zero-order valence-corrected chi connectivity index (χ0v) is 19.8. The highest BCUT2D eigenvalue weighted by molar-refractivity contribution is 6.11.